The molecular weight excluding hydrogens is 499 g/mol. The van der Waals surface area contributed by atoms with Gasteiger partial charge in [-0.25, -0.2) is 0 Å². The van der Waals surface area contributed by atoms with Crippen LogP contribution in [0, 0.1) is 11.8 Å². The summed E-state index contributed by atoms with van der Waals surface area (Å²) in [6, 6.07) is 14.7. The lowest BCUT2D eigenvalue weighted by Gasteiger charge is -2.22. The van der Waals surface area contributed by atoms with Gasteiger partial charge >= 0.3 is 0 Å². The van der Waals surface area contributed by atoms with Crippen LogP contribution in [0.3, 0.4) is 0 Å². The SMILES string of the molecule is COc1ccc(C(=O)C(CCCCC(CN(C)C)C(=O)c2ccc(OC)cc2)CN(C)C)cc1.Cl.Cl. The lowest BCUT2D eigenvalue weighted by molar-refractivity contribution is 0.0867. The van der Waals surface area contributed by atoms with E-state index in [1.165, 1.54) is 0 Å². The minimum atomic E-state index is -0.0759. The quantitative estimate of drug-likeness (QED) is 0.218. The largest absolute Gasteiger partial charge is 0.497 e. The minimum Gasteiger partial charge on any atom is -0.497 e. The Morgan fingerprint density at radius 2 is 0.944 bits per heavy atom. The van der Waals surface area contributed by atoms with Gasteiger partial charge in [-0.15, -0.1) is 24.8 Å². The molecule has 0 aliphatic heterocycles. The number of methoxy groups -OCH3 is 2. The highest BCUT2D eigenvalue weighted by Gasteiger charge is 2.23. The molecule has 0 amide bonds. The van der Waals surface area contributed by atoms with Crippen molar-refractivity contribution in [1.82, 2.24) is 9.80 Å². The summed E-state index contributed by atoms with van der Waals surface area (Å²) < 4.78 is 10.4. The van der Waals surface area contributed by atoms with Crippen LogP contribution in [0.5, 0.6) is 11.5 Å². The van der Waals surface area contributed by atoms with E-state index in [0.717, 1.165) is 37.2 Å². The summed E-state index contributed by atoms with van der Waals surface area (Å²) in [5.74, 6) is 1.66. The van der Waals surface area contributed by atoms with Gasteiger partial charge in [0.1, 0.15) is 11.5 Å². The van der Waals surface area contributed by atoms with Gasteiger partial charge in [-0.05, 0) is 89.6 Å². The summed E-state index contributed by atoms with van der Waals surface area (Å²) in [5.41, 5.74) is 1.43. The summed E-state index contributed by atoms with van der Waals surface area (Å²) in [6.45, 7) is 1.41. The van der Waals surface area contributed by atoms with Crippen molar-refractivity contribution in [3.05, 3.63) is 59.7 Å². The van der Waals surface area contributed by atoms with Crippen molar-refractivity contribution < 1.29 is 19.1 Å². The Hall–Kier alpha value is -2.12. The van der Waals surface area contributed by atoms with Gasteiger partial charge in [0.2, 0.25) is 0 Å². The summed E-state index contributed by atoms with van der Waals surface area (Å²) >= 11 is 0. The number of Topliss-reactive ketones (excluding diaryl/α,β-unsaturated/α-hetero) is 2. The second-order valence-corrected chi connectivity index (χ2v) is 9.39. The van der Waals surface area contributed by atoms with Crippen LogP contribution in [-0.4, -0.2) is 76.9 Å². The van der Waals surface area contributed by atoms with E-state index < -0.39 is 0 Å². The fourth-order valence-corrected chi connectivity index (χ4v) is 4.26. The van der Waals surface area contributed by atoms with Crippen LogP contribution < -0.4 is 9.47 Å². The van der Waals surface area contributed by atoms with Crippen LogP contribution in [0.25, 0.3) is 0 Å². The minimum absolute atomic E-state index is 0. The molecule has 0 N–H and O–H groups in total. The van der Waals surface area contributed by atoms with Crippen LogP contribution in [0.4, 0.5) is 0 Å². The van der Waals surface area contributed by atoms with Crippen LogP contribution >= 0.6 is 24.8 Å². The number of halogens is 2. The third-order valence-electron chi connectivity index (χ3n) is 6.02. The van der Waals surface area contributed by atoms with Crippen molar-refractivity contribution in [2.75, 3.05) is 55.5 Å². The van der Waals surface area contributed by atoms with Crippen LogP contribution in [0.1, 0.15) is 46.4 Å². The molecule has 0 aliphatic rings. The van der Waals surface area contributed by atoms with E-state index in [2.05, 4.69) is 9.80 Å². The molecule has 2 aromatic carbocycles. The number of hydrogen-bond donors (Lipinski definition) is 0. The van der Waals surface area contributed by atoms with Gasteiger partial charge in [0.05, 0.1) is 14.2 Å². The summed E-state index contributed by atoms with van der Waals surface area (Å²) in [7, 11) is 11.2. The molecule has 0 aliphatic carbocycles. The van der Waals surface area contributed by atoms with E-state index in [4.69, 9.17) is 9.47 Å². The van der Waals surface area contributed by atoms with Gasteiger partial charge in [0.15, 0.2) is 11.6 Å². The maximum absolute atomic E-state index is 13.2. The zero-order valence-corrected chi connectivity index (χ0v) is 24.0. The fraction of sp³-hybridized carbons (Fsp3) is 0.500. The summed E-state index contributed by atoms with van der Waals surface area (Å²) in [4.78, 5) is 30.4. The fourth-order valence-electron chi connectivity index (χ4n) is 4.26. The number of benzene rings is 2. The normalized spacial score (nSPS) is 12.3. The number of nitrogens with zero attached hydrogens (tertiary/aromatic N) is 2. The highest BCUT2D eigenvalue weighted by Crippen LogP contribution is 2.23. The first kappa shape index (κ1) is 33.9. The number of carbonyl (C=O) groups excluding carboxylic acids is 2. The van der Waals surface area contributed by atoms with E-state index in [1.54, 1.807) is 14.2 Å². The lowest BCUT2D eigenvalue weighted by atomic mass is 9.88. The van der Waals surface area contributed by atoms with Crippen molar-refractivity contribution in [3.8, 4) is 11.5 Å². The molecule has 202 valence electrons. The van der Waals surface area contributed by atoms with Crippen LogP contribution in [-0.2, 0) is 0 Å². The molecule has 0 bridgehead atoms. The number of unbranched alkanes of at least 4 members (excludes halogenated alkanes) is 1. The third-order valence-corrected chi connectivity index (χ3v) is 6.02. The van der Waals surface area contributed by atoms with Crippen molar-refractivity contribution >= 4 is 36.4 Å². The number of ether oxygens (including phenoxy) is 2. The van der Waals surface area contributed by atoms with Crippen LogP contribution in [0.2, 0.25) is 0 Å². The highest BCUT2D eigenvalue weighted by atomic mass is 35.5. The van der Waals surface area contributed by atoms with E-state index in [0.29, 0.717) is 24.2 Å². The molecule has 2 atom stereocenters. The van der Waals surface area contributed by atoms with Gasteiger partial charge < -0.3 is 19.3 Å². The number of carbonyl (C=O) groups is 2. The Labute approximate surface area is 229 Å². The molecule has 2 unspecified atom stereocenters. The second-order valence-electron chi connectivity index (χ2n) is 9.39. The predicted molar refractivity (Wildman–Crippen MR) is 152 cm³/mol. The molecule has 0 aromatic heterocycles. The van der Waals surface area contributed by atoms with E-state index in [1.807, 2.05) is 76.7 Å². The first-order chi connectivity index (χ1) is 16.2. The Balaban J connectivity index is 0.00000612. The van der Waals surface area contributed by atoms with Crippen molar-refractivity contribution in [2.24, 2.45) is 11.8 Å². The van der Waals surface area contributed by atoms with E-state index in [-0.39, 0.29) is 48.2 Å². The summed E-state index contributed by atoms with van der Waals surface area (Å²) in [5, 5.41) is 0. The van der Waals surface area contributed by atoms with Gasteiger partial charge in [-0.1, -0.05) is 12.8 Å². The Morgan fingerprint density at radius 1 is 0.639 bits per heavy atom. The topological polar surface area (TPSA) is 59.1 Å². The molecule has 0 saturated carbocycles. The predicted octanol–water partition coefficient (Wildman–Crippen LogP) is 5.53. The molecule has 2 aromatic rings. The van der Waals surface area contributed by atoms with Gasteiger partial charge in [0, 0.05) is 36.1 Å². The van der Waals surface area contributed by atoms with Crippen molar-refractivity contribution in [1.29, 1.82) is 0 Å². The smallest absolute Gasteiger partial charge is 0.167 e. The highest BCUT2D eigenvalue weighted by molar-refractivity contribution is 5.98. The van der Waals surface area contributed by atoms with E-state index in [9.17, 15) is 9.59 Å². The Kier molecular flexibility index (Phi) is 16.3. The van der Waals surface area contributed by atoms with Gasteiger partial charge in [0.25, 0.3) is 0 Å². The molecule has 0 heterocycles. The Morgan fingerprint density at radius 3 is 1.19 bits per heavy atom. The van der Waals surface area contributed by atoms with Crippen molar-refractivity contribution in [3.63, 3.8) is 0 Å². The molecule has 0 radical (unpaired) electrons. The average Bonchev–Trinajstić information content (AvgIpc) is 2.83. The molecule has 8 heteroatoms. The molecule has 2 rings (SSSR count). The maximum Gasteiger partial charge on any atom is 0.167 e. The first-order valence-electron chi connectivity index (χ1n) is 11.9. The molecule has 0 saturated heterocycles. The van der Waals surface area contributed by atoms with Crippen molar-refractivity contribution in [2.45, 2.75) is 25.7 Å². The van der Waals surface area contributed by atoms with Gasteiger partial charge in [-0.3, -0.25) is 9.59 Å². The summed E-state index contributed by atoms with van der Waals surface area (Å²) in [6.07, 6.45) is 3.41. The average molecular weight is 542 g/mol. The zero-order chi connectivity index (χ0) is 25.1. The number of rotatable bonds is 15. The number of ketones is 2. The zero-order valence-electron chi connectivity index (χ0n) is 22.4. The lowest BCUT2D eigenvalue weighted by Crippen LogP contribution is -2.29. The second kappa shape index (κ2) is 17.4. The maximum atomic E-state index is 13.2. The molecule has 6 nitrogen and oxygen atoms in total. The number of hydrogen-bond acceptors (Lipinski definition) is 6. The first-order valence-corrected chi connectivity index (χ1v) is 11.9. The monoisotopic (exact) mass is 540 g/mol. The van der Waals surface area contributed by atoms with Crippen LogP contribution in [0.15, 0.2) is 48.5 Å². The Bertz CT molecular complexity index is 827. The van der Waals surface area contributed by atoms with E-state index >= 15 is 0 Å². The van der Waals surface area contributed by atoms with Gasteiger partial charge in [-0.2, -0.15) is 0 Å². The molecule has 36 heavy (non-hydrogen) atoms. The third kappa shape index (κ3) is 10.9. The molecular formula is C28H42Cl2N2O4. The standard InChI is InChI=1S/C28H40N2O4.2ClH/c1-29(2)19-23(27(31)21-11-15-25(33-5)16-12-21)9-7-8-10-24(20-30(3)4)28(32)22-13-17-26(34-6)18-14-22;;/h11-18,23-24H,7-10,19-20H2,1-6H3;2*1H. The molecule has 0 spiro atoms. The molecule has 0 fully saturated rings.